The molecule has 11 nitrogen and oxygen atoms in total. The van der Waals surface area contributed by atoms with Crippen molar-refractivity contribution in [3.8, 4) is 6.07 Å². The third kappa shape index (κ3) is 6.66. The van der Waals surface area contributed by atoms with Crippen LogP contribution in [0.25, 0.3) is 0 Å². The van der Waals surface area contributed by atoms with E-state index in [1.807, 2.05) is 18.0 Å². The predicted octanol–water partition coefficient (Wildman–Crippen LogP) is 0.494. The minimum absolute atomic E-state index is 0.0496. The number of nitriles is 1. The summed E-state index contributed by atoms with van der Waals surface area (Å²) < 4.78 is 4.95. The molecule has 0 unspecified atom stereocenters. The number of carbonyl (C=O) groups is 3. The Balaban J connectivity index is 2.06. The number of benzene rings is 1. The molecule has 168 valence electrons. The molecule has 0 saturated heterocycles. The van der Waals surface area contributed by atoms with E-state index < -0.39 is 23.8 Å². The average Bonchev–Trinajstić information content (AvgIpc) is 2.77. The summed E-state index contributed by atoms with van der Waals surface area (Å²) in [6.07, 6.45) is 1.49. The molecule has 0 radical (unpaired) electrons. The molecule has 0 fully saturated rings. The number of hydrogen-bond donors (Lipinski definition) is 3. The van der Waals surface area contributed by atoms with E-state index in [2.05, 4.69) is 15.3 Å². The number of nitrogens with one attached hydrogen (secondary N) is 1. The number of hydrogen-bond acceptors (Lipinski definition) is 9. The maximum Gasteiger partial charge on any atom is 0.328 e. The largest absolute Gasteiger partial charge is 0.464 e. The Kier molecular flexibility index (Phi) is 8.47. The van der Waals surface area contributed by atoms with Crippen LogP contribution < -0.4 is 21.7 Å². The number of rotatable bonds is 10. The van der Waals surface area contributed by atoms with E-state index in [0.717, 1.165) is 5.69 Å². The van der Waals surface area contributed by atoms with Crippen molar-refractivity contribution >= 4 is 29.3 Å². The Bertz CT molecular complexity index is 1020. The van der Waals surface area contributed by atoms with Crippen molar-refractivity contribution in [1.29, 1.82) is 5.26 Å². The molecule has 32 heavy (non-hydrogen) atoms. The van der Waals surface area contributed by atoms with Crippen LogP contribution >= 0.6 is 0 Å². The average molecular weight is 439 g/mol. The second kappa shape index (κ2) is 11.3. The number of esters is 1. The van der Waals surface area contributed by atoms with Crippen molar-refractivity contribution in [3.63, 3.8) is 0 Å². The lowest BCUT2D eigenvalue weighted by Crippen LogP contribution is -2.42. The van der Waals surface area contributed by atoms with Gasteiger partial charge in [-0.1, -0.05) is 0 Å². The van der Waals surface area contributed by atoms with Crippen molar-refractivity contribution < 1.29 is 19.1 Å². The smallest absolute Gasteiger partial charge is 0.328 e. The highest BCUT2D eigenvalue weighted by Gasteiger charge is 2.23. The van der Waals surface area contributed by atoms with E-state index in [1.165, 1.54) is 6.20 Å². The Morgan fingerprint density at radius 2 is 1.97 bits per heavy atom. The monoisotopic (exact) mass is 439 g/mol. The first-order valence-electron chi connectivity index (χ1n) is 9.83. The molecular formula is C21H25N7O4. The first kappa shape index (κ1) is 24.1. The number of amides is 2. The van der Waals surface area contributed by atoms with Crippen LogP contribution in [0.5, 0.6) is 0 Å². The lowest BCUT2D eigenvalue weighted by Gasteiger charge is -2.20. The number of aromatic nitrogens is 2. The zero-order valence-electron chi connectivity index (χ0n) is 17.9. The first-order valence-corrected chi connectivity index (χ1v) is 9.83. The van der Waals surface area contributed by atoms with E-state index in [9.17, 15) is 14.4 Å². The molecule has 1 atom stereocenters. The van der Waals surface area contributed by atoms with Crippen LogP contribution in [0.3, 0.4) is 0 Å². The van der Waals surface area contributed by atoms with Gasteiger partial charge in [-0.2, -0.15) is 5.26 Å². The van der Waals surface area contributed by atoms with Gasteiger partial charge >= 0.3 is 5.97 Å². The van der Waals surface area contributed by atoms with Crippen molar-refractivity contribution in [2.24, 2.45) is 5.73 Å². The fourth-order valence-electron chi connectivity index (χ4n) is 2.81. The highest BCUT2D eigenvalue weighted by Crippen LogP contribution is 2.17. The molecule has 0 spiro atoms. The van der Waals surface area contributed by atoms with E-state index >= 15 is 0 Å². The Hall–Kier alpha value is -4.20. The third-order valence-electron chi connectivity index (χ3n) is 4.48. The molecule has 1 aromatic carbocycles. The summed E-state index contributed by atoms with van der Waals surface area (Å²) in [6, 6.07) is 7.59. The van der Waals surface area contributed by atoms with Crippen LogP contribution in [0, 0.1) is 11.3 Å². The van der Waals surface area contributed by atoms with E-state index in [1.54, 1.807) is 31.2 Å². The number of nitrogen functional groups attached to an aromatic ring is 1. The standard InChI is InChI=1S/C21H25N7O4/c1-3-32-21(31)16(8-9-18(23)29)27-20(30)13-4-6-15(7-5-13)28(2)12-14-11-25-19(24)17(10-22)26-14/h4-7,11,16H,3,8-9,12H2,1-2H3,(H2,23,29)(H2,24,25)(H,27,30)/t16-/m0/s1. The van der Waals surface area contributed by atoms with Gasteiger partial charge in [-0.3, -0.25) is 9.59 Å². The molecule has 1 aromatic heterocycles. The van der Waals surface area contributed by atoms with Gasteiger partial charge in [-0.25, -0.2) is 14.8 Å². The number of anilines is 2. The maximum absolute atomic E-state index is 12.6. The summed E-state index contributed by atoms with van der Waals surface area (Å²) in [6.45, 7) is 2.17. The summed E-state index contributed by atoms with van der Waals surface area (Å²) in [5, 5.41) is 11.6. The van der Waals surface area contributed by atoms with E-state index in [-0.39, 0.29) is 31.0 Å². The minimum atomic E-state index is -0.976. The Labute approximate surface area is 185 Å². The first-order chi connectivity index (χ1) is 15.2. The molecule has 5 N–H and O–H groups in total. The van der Waals surface area contributed by atoms with E-state index in [4.69, 9.17) is 21.5 Å². The third-order valence-corrected chi connectivity index (χ3v) is 4.48. The van der Waals surface area contributed by atoms with Gasteiger partial charge in [0.05, 0.1) is 25.0 Å². The van der Waals surface area contributed by atoms with Crippen molar-refractivity contribution in [2.45, 2.75) is 32.4 Å². The minimum Gasteiger partial charge on any atom is -0.464 e. The van der Waals surface area contributed by atoms with Gasteiger partial charge in [-0.15, -0.1) is 0 Å². The second-order valence-electron chi connectivity index (χ2n) is 6.89. The molecule has 0 aliphatic carbocycles. The quantitative estimate of drug-likeness (QED) is 0.444. The number of carbonyl (C=O) groups excluding carboxylic acids is 3. The van der Waals surface area contributed by atoms with Crippen molar-refractivity contribution in [1.82, 2.24) is 15.3 Å². The number of ether oxygens (including phenoxy) is 1. The van der Waals surface area contributed by atoms with Crippen LogP contribution in [0.2, 0.25) is 0 Å². The van der Waals surface area contributed by atoms with E-state index in [0.29, 0.717) is 17.8 Å². The summed E-state index contributed by atoms with van der Waals surface area (Å²) in [7, 11) is 1.82. The van der Waals surface area contributed by atoms with Gasteiger partial charge in [0.15, 0.2) is 11.5 Å². The molecule has 0 saturated carbocycles. The molecule has 0 aliphatic heterocycles. The van der Waals surface area contributed by atoms with Crippen LogP contribution in [-0.2, 0) is 20.9 Å². The summed E-state index contributed by atoms with van der Waals surface area (Å²) >= 11 is 0. The number of primary amides is 1. The van der Waals surface area contributed by atoms with Gasteiger partial charge in [-0.05, 0) is 37.6 Å². The topological polar surface area (TPSA) is 177 Å². The molecule has 2 rings (SSSR count). The summed E-state index contributed by atoms with van der Waals surface area (Å²) in [5.74, 6) is -1.61. The molecule has 1 heterocycles. The molecule has 0 aliphatic rings. The molecule has 0 bridgehead atoms. The Morgan fingerprint density at radius 3 is 2.56 bits per heavy atom. The number of nitrogens with zero attached hydrogens (tertiary/aromatic N) is 4. The molecule has 11 heteroatoms. The fraction of sp³-hybridized carbons (Fsp3) is 0.333. The van der Waals surface area contributed by atoms with Gasteiger partial charge < -0.3 is 26.4 Å². The van der Waals surface area contributed by atoms with Crippen LogP contribution in [0.4, 0.5) is 11.5 Å². The van der Waals surface area contributed by atoms with Crippen LogP contribution in [0.1, 0.15) is 41.5 Å². The molecule has 2 aromatic rings. The zero-order chi connectivity index (χ0) is 23.7. The van der Waals surface area contributed by atoms with Gasteiger partial charge in [0, 0.05) is 24.7 Å². The lowest BCUT2D eigenvalue weighted by atomic mass is 10.1. The molecular weight excluding hydrogens is 414 g/mol. The SMILES string of the molecule is CCOC(=O)[C@H](CCC(N)=O)NC(=O)c1ccc(N(C)Cc2cnc(N)c(C#N)n2)cc1. The maximum atomic E-state index is 12.6. The fourth-order valence-corrected chi connectivity index (χ4v) is 2.81. The van der Waals surface area contributed by atoms with Crippen molar-refractivity contribution in [3.05, 3.63) is 47.4 Å². The van der Waals surface area contributed by atoms with Crippen molar-refractivity contribution in [2.75, 3.05) is 24.3 Å². The van der Waals surface area contributed by atoms with Gasteiger partial charge in [0.25, 0.3) is 5.91 Å². The lowest BCUT2D eigenvalue weighted by molar-refractivity contribution is -0.145. The summed E-state index contributed by atoms with van der Waals surface area (Å²) in [4.78, 5) is 45.7. The zero-order valence-corrected chi connectivity index (χ0v) is 17.9. The Morgan fingerprint density at radius 1 is 1.28 bits per heavy atom. The van der Waals surface area contributed by atoms with Gasteiger partial charge in [0.1, 0.15) is 12.1 Å². The second-order valence-corrected chi connectivity index (χ2v) is 6.89. The van der Waals surface area contributed by atoms with Crippen LogP contribution in [-0.4, -0.2) is 47.4 Å². The molecule has 2 amide bonds. The predicted molar refractivity (Wildman–Crippen MR) is 116 cm³/mol. The number of nitrogens with two attached hydrogens (primary N) is 2. The summed E-state index contributed by atoms with van der Waals surface area (Å²) in [5.41, 5.74) is 12.5. The highest BCUT2D eigenvalue weighted by molar-refractivity contribution is 5.97. The normalized spacial score (nSPS) is 11.2. The van der Waals surface area contributed by atoms with Crippen LogP contribution in [0.15, 0.2) is 30.5 Å². The van der Waals surface area contributed by atoms with Gasteiger partial charge in [0.2, 0.25) is 5.91 Å². The highest BCUT2D eigenvalue weighted by atomic mass is 16.5.